The number of hydrogen-bond donors (Lipinski definition) is 1. The Hall–Kier alpha value is -1.57. The molecule has 98 valence electrons. The van der Waals surface area contributed by atoms with Crippen molar-refractivity contribution in [1.82, 2.24) is 5.32 Å². The average molecular weight is 248 g/mol. The van der Waals surface area contributed by atoms with Crippen LogP contribution in [0.15, 0.2) is 24.3 Å². The summed E-state index contributed by atoms with van der Waals surface area (Å²) in [6.07, 6.45) is 1.01. The predicted octanol–water partition coefficient (Wildman–Crippen LogP) is 2.11. The van der Waals surface area contributed by atoms with Crippen LogP contribution in [0.25, 0.3) is 0 Å². The van der Waals surface area contributed by atoms with E-state index in [0.717, 1.165) is 44.0 Å². The van der Waals surface area contributed by atoms with Crippen molar-refractivity contribution in [2.45, 2.75) is 19.9 Å². The molecule has 0 bridgehead atoms. The molecule has 0 unspecified atom stereocenters. The molecular formula is C14H20N2O2. The number of rotatable bonds is 9. The summed E-state index contributed by atoms with van der Waals surface area (Å²) >= 11 is 0. The van der Waals surface area contributed by atoms with Crippen LogP contribution in [0.4, 0.5) is 0 Å². The topological polar surface area (TPSA) is 54.3 Å². The smallest absolute Gasteiger partial charge is 0.174 e. The van der Waals surface area contributed by atoms with Gasteiger partial charge in [0.1, 0.15) is 11.8 Å². The Balaban J connectivity index is 2.23. The summed E-state index contributed by atoms with van der Waals surface area (Å²) in [4.78, 5) is 0. The van der Waals surface area contributed by atoms with Gasteiger partial charge in [0.05, 0.1) is 0 Å². The minimum Gasteiger partial charge on any atom is -0.479 e. The van der Waals surface area contributed by atoms with Crippen LogP contribution < -0.4 is 10.1 Å². The van der Waals surface area contributed by atoms with Gasteiger partial charge < -0.3 is 14.8 Å². The molecule has 0 atom stereocenters. The van der Waals surface area contributed by atoms with Crippen molar-refractivity contribution in [3.05, 3.63) is 29.8 Å². The van der Waals surface area contributed by atoms with Gasteiger partial charge >= 0.3 is 0 Å². The molecule has 0 saturated carbocycles. The summed E-state index contributed by atoms with van der Waals surface area (Å²) in [5.74, 6) is 0.741. The summed E-state index contributed by atoms with van der Waals surface area (Å²) in [7, 11) is 0. The zero-order valence-electron chi connectivity index (χ0n) is 10.8. The zero-order chi connectivity index (χ0) is 13.1. The second kappa shape index (κ2) is 9.46. The Morgan fingerprint density at radius 1 is 1.39 bits per heavy atom. The number of nitriles is 1. The first kappa shape index (κ1) is 14.5. The summed E-state index contributed by atoms with van der Waals surface area (Å²) in [5.41, 5.74) is 1.15. The molecule has 4 nitrogen and oxygen atoms in total. The van der Waals surface area contributed by atoms with E-state index >= 15 is 0 Å². The maximum absolute atomic E-state index is 8.44. The fourth-order valence-electron chi connectivity index (χ4n) is 1.54. The second-order valence-electron chi connectivity index (χ2n) is 3.82. The highest BCUT2D eigenvalue weighted by Crippen LogP contribution is 2.12. The zero-order valence-corrected chi connectivity index (χ0v) is 10.8. The number of benzene rings is 1. The Morgan fingerprint density at radius 3 is 3.06 bits per heavy atom. The molecule has 0 amide bonds. The van der Waals surface area contributed by atoms with Gasteiger partial charge in [-0.2, -0.15) is 5.26 Å². The molecule has 0 spiro atoms. The molecule has 0 aliphatic carbocycles. The first-order chi connectivity index (χ1) is 8.86. The fraction of sp³-hybridized carbons (Fsp3) is 0.500. The van der Waals surface area contributed by atoms with E-state index in [1.807, 2.05) is 37.3 Å². The van der Waals surface area contributed by atoms with Gasteiger partial charge in [0.25, 0.3) is 0 Å². The quantitative estimate of drug-likeness (QED) is 0.680. The monoisotopic (exact) mass is 248 g/mol. The third-order valence-electron chi connectivity index (χ3n) is 2.38. The molecule has 18 heavy (non-hydrogen) atoms. The van der Waals surface area contributed by atoms with E-state index in [9.17, 15) is 0 Å². The van der Waals surface area contributed by atoms with Gasteiger partial charge in [-0.25, -0.2) is 0 Å². The van der Waals surface area contributed by atoms with E-state index < -0.39 is 0 Å². The molecule has 4 heteroatoms. The molecular weight excluding hydrogens is 228 g/mol. The van der Waals surface area contributed by atoms with Gasteiger partial charge in [0.15, 0.2) is 6.61 Å². The van der Waals surface area contributed by atoms with Crippen molar-refractivity contribution in [2.75, 3.05) is 26.4 Å². The van der Waals surface area contributed by atoms with Gasteiger partial charge in [-0.3, -0.25) is 0 Å². The highest BCUT2D eigenvalue weighted by atomic mass is 16.5. The van der Waals surface area contributed by atoms with Crippen molar-refractivity contribution in [3.8, 4) is 11.8 Å². The van der Waals surface area contributed by atoms with Gasteiger partial charge in [-0.15, -0.1) is 0 Å². The first-order valence-corrected chi connectivity index (χ1v) is 6.24. The van der Waals surface area contributed by atoms with Crippen LogP contribution in [-0.2, 0) is 11.3 Å². The van der Waals surface area contributed by atoms with E-state index in [1.54, 1.807) is 0 Å². The molecule has 0 fully saturated rings. The Morgan fingerprint density at radius 2 is 2.28 bits per heavy atom. The first-order valence-electron chi connectivity index (χ1n) is 6.24. The maximum Gasteiger partial charge on any atom is 0.174 e. The molecule has 1 aromatic carbocycles. The van der Waals surface area contributed by atoms with Gasteiger partial charge in [0, 0.05) is 19.8 Å². The lowest BCUT2D eigenvalue weighted by Crippen LogP contribution is -2.16. The van der Waals surface area contributed by atoms with Crippen LogP contribution in [0.3, 0.4) is 0 Å². The van der Waals surface area contributed by atoms with Crippen LogP contribution in [0, 0.1) is 11.3 Å². The fourth-order valence-corrected chi connectivity index (χ4v) is 1.54. The standard InChI is InChI=1S/C14H20N2O2/c1-2-17-9-4-8-16-12-13-5-3-6-14(11-13)18-10-7-15/h3,5-6,11,16H,2,4,8-10,12H2,1H3. The van der Waals surface area contributed by atoms with Crippen molar-refractivity contribution >= 4 is 0 Å². The van der Waals surface area contributed by atoms with Crippen molar-refractivity contribution in [2.24, 2.45) is 0 Å². The van der Waals surface area contributed by atoms with Gasteiger partial charge in [-0.1, -0.05) is 12.1 Å². The number of nitrogens with zero attached hydrogens (tertiary/aromatic N) is 1. The van der Waals surface area contributed by atoms with Crippen LogP contribution >= 0.6 is 0 Å². The van der Waals surface area contributed by atoms with Gasteiger partial charge in [-0.05, 0) is 37.6 Å². The lowest BCUT2D eigenvalue weighted by molar-refractivity contribution is 0.144. The molecule has 0 aliphatic heterocycles. The van der Waals surface area contributed by atoms with E-state index in [2.05, 4.69) is 5.32 Å². The van der Waals surface area contributed by atoms with Crippen LogP contribution in [0.5, 0.6) is 5.75 Å². The van der Waals surface area contributed by atoms with Gasteiger partial charge in [0.2, 0.25) is 0 Å². The number of ether oxygens (including phenoxy) is 2. The minimum atomic E-state index is 0.0885. The normalized spacial score (nSPS) is 10.0. The molecule has 0 aliphatic rings. The molecule has 1 N–H and O–H groups in total. The van der Waals surface area contributed by atoms with Crippen LogP contribution in [-0.4, -0.2) is 26.4 Å². The summed E-state index contributed by atoms with van der Waals surface area (Å²) in [6, 6.07) is 9.74. The highest BCUT2D eigenvalue weighted by Gasteiger charge is 1.96. The van der Waals surface area contributed by atoms with E-state index in [4.69, 9.17) is 14.7 Å². The second-order valence-corrected chi connectivity index (χ2v) is 3.82. The molecule has 1 rings (SSSR count). The molecule has 0 saturated heterocycles. The Labute approximate surface area is 109 Å². The summed E-state index contributed by atoms with van der Waals surface area (Å²) < 4.78 is 10.5. The van der Waals surface area contributed by atoms with E-state index in [-0.39, 0.29) is 6.61 Å². The van der Waals surface area contributed by atoms with Crippen LogP contribution in [0.1, 0.15) is 18.9 Å². The molecule has 0 heterocycles. The summed E-state index contributed by atoms with van der Waals surface area (Å²) in [5, 5.41) is 11.8. The van der Waals surface area contributed by atoms with Crippen molar-refractivity contribution in [3.63, 3.8) is 0 Å². The SMILES string of the molecule is CCOCCCNCc1cccc(OCC#N)c1. The van der Waals surface area contributed by atoms with E-state index in [0.29, 0.717) is 0 Å². The maximum atomic E-state index is 8.44. The third-order valence-corrected chi connectivity index (χ3v) is 2.38. The third kappa shape index (κ3) is 6.24. The predicted molar refractivity (Wildman–Crippen MR) is 70.4 cm³/mol. The van der Waals surface area contributed by atoms with E-state index in [1.165, 1.54) is 0 Å². The lowest BCUT2D eigenvalue weighted by Gasteiger charge is -2.07. The number of nitrogens with one attached hydrogen (secondary N) is 1. The lowest BCUT2D eigenvalue weighted by atomic mass is 10.2. The minimum absolute atomic E-state index is 0.0885. The van der Waals surface area contributed by atoms with Crippen molar-refractivity contribution < 1.29 is 9.47 Å². The Bertz CT molecular complexity index is 374. The molecule has 1 aromatic rings. The van der Waals surface area contributed by atoms with Crippen LogP contribution in [0.2, 0.25) is 0 Å². The number of hydrogen-bond acceptors (Lipinski definition) is 4. The largest absolute Gasteiger partial charge is 0.479 e. The average Bonchev–Trinajstić information content (AvgIpc) is 2.41. The molecule has 0 radical (unpaired) electrons. The molecule has 0 aromatic heterocycles. The van der Waals surface area contributed by atoms with Crippen molar-refractivity contribution in [1.29, 1.82) is 5.26 Å². The highest BCUT2D eigenvalue weighted by molar-refractivity contribution is 5.28. The Kier molecular flexibility index (Phi) is 7.61. The summed E-state index contributed by atoms with van der Waals surface area (Å²) in [6.45, 7) is 5.40.